The van der Waals surface area contributed by atoms with Gasteiger partial charge in [0.2, 0.25) is 0 Å². The molecule has 0 amide bonds. The van der Waals surface area contributed by atoms with E-state index >= 15 is 0 Å². The van der Waals surface area contributed by atoms with Gasteiger partial charge in [0, 0.05) is 27.2 Å². The van der Waals surface area contributed by atoms with E-state index in [0.717, 1.165) is 0 Å². The molecule has 0 saturated heterocycles. The molecule has 0 saturated carbocycles. The van der Waals surface area contributed by atoms with Crippen molar-refractivity contribution < 1.29 is 19.8 Å². The molecule has 0 fully saturated rings. The van der Waals surface area contributed by atoms with E-state index in [1.807, 2.05) is 0 Å². The van der Waals surface area contributed by atoms with Crippen LogP contribution in [0.2, 0.25) is 0 Å². The van der Waals surface area contributed by atoms with Gasteiger partial charge in [-0.05, 0) is 12.8 Å². The van der Waals surface area contributed by atoms with Crippen LogP contribution in [0.25, 0.3) is 0 Å². The second-order valence-electron chi connectivity index (χ2n) is 3.76. The maximum Gasteiger partial charge on any atom is 0.294 e. The topological polar surface area (TPSA) is 136 Å². The largest absolute Gasteiger partial charge is 0.314 e. The van der Waals surface area contributed by atoms with E-state index in [1.165, 1.54) is 10.0 Å². The summed E-state index contributed by atoms with van der Waals surface area (Å²) in [6, 6.07) is 0. The molecular formula is C8H18N6O6. The third-order valence-electron chi connectivity index (χ3n) is 1.99. The fourth-order valence-electron chi connectivity index (χ4n) is 1.09. The summed E-state index contributed by atoms with van der Waals surface area (Å²) in [6.45, 7) is 0.910. The lowest BCUT2D eigenvalue weighted by molar-refractivity contribution is -0.757. The summed E-state index contributed by atoms with van der Waals surface area (Å²) >= 11 is 0. The van der Waals surface area contributed by atoms with Crippen molar-refractivity contribution in [2.45, 2.75) is 12.8 Å². The second kappa shape index (κ2) is 10.5. The highest BCUT2D eigenvalue weighted by Gasteiger charge is 1.99. The van der Waals surface area contributed by atoms with Crippen LogP contribution in [-0.2, 0) is 9.68 Å². The smallest absolute Gasteiger partial charge is 0.294 e. The summed E-state index contributed by atoms with van der Waals surface area (Å²) in [5.41, 5.74) is 0. The molecular weight excluding hydrogens is 276 g/mol. The summed E-state index contributed by atoms with van der Waals surface area (Å²) in [4.78, 5) is 28.1. The molecule has 0 unspecified atom stereocenters. The molecule has 12 heteroatoms. The van der Waals surface area contributed by atoms with Crippen LogP contribution < -0.4 is 0 Å². The number of hydrogen-bond acceptors (Lipinski definition) is 8. The number of rotatable bonds is 12. The molecule has 0 heterocycles. The quantitative estimate of drug-likeness (QED) is 0.217. The van der Waals surface area contributed by atoms with Crippen molar-refractivity contribution >= 4 is 0 Å². The molecule has 116 valence electrons. The summed E-state index contributed by atoms with van der Waals surface area (Å²) in [5, 5.41) is 28.8. The van der Waals surface area contributed by atoms with Crippen molar-refractivity contribution in [3.63, 3.8) is 0 Å². The molecule has 0 radical (unpaired) electrons. The molecule has 0 aromatic rings. The van der Waals surface area contributed by atoms with Gasteiger partial charge in [-0.25, -0.2) is 0 Å². The molecule has 0 rings (SSSR count). The Balaban J connectivity index is 3.63. The lowest BCUT2D eigenvalue weighted by Gasteiger charge is -2.14. The van der Waals surface area contributed by atoms with E-state index in [1.54, 1.807) is 14.1 Å². The Hall–Kier alpha value is -2.40. The Morgan fingerprint density at radius 2 is 1.25 bits per heavy atom. The highest BCUT2D eigenvalue weighted by molar-refractivity contribution is 4.44. The lowest BCUT2D eigenvalue weighted by atomic mass is 10.4. The molecule has 0 aliphatic heterocycles. The van der Waals surface area contributed by atoms with Crippen LogP contribution in [0.1, 0.15) is 12.8 Å². The van der Waals surface area contributed by atoms with Crippen LogP contribution in [0.4, 0.5) is 0 Å². The first-order valence-corrected chi connectivity index (χ1v) is 5.80. The average molecular weight is 294 g/mol. The Morgan fingerprint density at radius 1 is 0.900 bits per heavy atom. The molecule has 20 heavy (non-hydrogen) atoms. The molecule has 0 spiro atoms. The minimum atomic E-state index is -0.845. The van der Waals surface area contributed by atoms with E-state index in [-0.39, 0.29) is 13.2 Å². The first-order valence-electron chi connectivity index (χ1n) is 5.80. The Labute approximate surface area is 115 Å². The summed E-state index contributed by atoms with van der Waals surface area (Å²) in [7, 11) is 3.33. The van der Waals surface area contributed by atoms with Gasteiger partial charge < -0.3 is 9.68 Å². The lowest BCUT2D eigenvalue weighted by Crippen LogP contribution is -2.19. The SMILES string of the molecule is CN(CCCO[N+](=O)[O-])/N=N/N(C)CCCO[N+](=O)[O-]. The van der Waals surface area contributed by atoms with Crippen LogP contribution >= 0.6 is 0 Å². The van der Waals surface area contributed by atoms with E-state index < -0.39 is 10.2 Å². The predicted molar refractivity (Wildman–Crippen MR) is 65.2 cm³/mol. The molecule has 0 aromatic carbocycles. The van der Waals surface area contributed by atoms with Gasteiger partial charge in [-0.1, -0.05) is 10.4 Å². The first-order chi connectivity index (χ1) is 9.41. The van der Waals surface area contributed by atoms with Crippen LogP contribution in [0, 0.1) is 20.2 Å². The van der Waals surface area contributed by atoms with Crippen LogP contribution in [0.3, 0.4) is 0 Å². The molecule has 0 aromatic heterocycles. The third-order valence-corrected chi connectivity index (χ3v) is 1.99. The van der Waals surface area contributed by atoms with Crippen molar-refractivity contribution in [3.8, 4) is 0 Å². The van der Waals surface area contributed by atoms with E-state index in [9.17, 15) is 20.2 Å². The molecule has 0 N–H and O–H groups in total. The van der Waals surface area contributed by atoms with Crippen LogP contribution in [0.5, 0.6) is 0 Å². The van der Waals surface area contributed by atoms with Crippen molar-refractivity contribution in [3.05, 3.63) is 20.2 Å². The third kappa shape index (κ3) is 12.1. The monoisotopic (exact) mass is 294 g/mol. The van der Waals surface area contributed by atoms with Gasteiger partial charge in [-0.3, -0.25) is 10.0 Å². The fraction of sp³-hybridized carbons (Fsp3) is 1.00. The summed E-state index contributed by atoms with van der Waals surface area (Å²) < 4.78 is 0. The zero-order valence-corrected chi connectivity index (χ0v) is 11.4. The maximum atomic E-state index is 9.90. The minimum absolute atomic E-state index is 0.000921. The van der Waals surface area contributed by atoms with Gasteiger partial charge in [0.05, 0.1) is 13.2 Å². The standard InChI is InChI=1S/C8H18N6O6/c1-11(5-3-7-19-13(15)16)9-10-12(2)6-4-8-20-14(17)18/h3-8H2,1-2H3/b10-9+. The van der Waals surface area contributed by atoms with Gasteiger partial charge >= 0.3 is 0 Å². The molecule has 0 bridgehead atoms. The number of hydrogen-bond donors (Lipinski definition) is 0. The normalized spacial score (nSPS) is 10.3. The van der Waals surface area contributed by atoms with Gasteiger partial charge in [-0.2, -0.15) is 0 Å². The van der Waals surface area contributed by atoms with Crippen LogP contribution in [-0.4, -0.2) is 60.6 Å². The number of nitrogens with zero attached hydrogens (tertiary/aromatic N) is 6. The Kier molecular flexibility index (Phi) is 9.25. The predicted octanol–water partition coefficient (Wildman–Crippen LogP) is 0.329. The second-order valence-corrected chi connectivity index (χ2v) is 3.76. The average Bonchev–Trinajstić information content (AvgIpc) is 2.37. The van der Waals surface area contributed by atoms with Crippen molar-refractivity contribution in [1.82, 2.24) is 10.0 Å². The van der Waals surface area contributed by atoms with Crippen molar-refractivity contribution in [1.29, 1.82) is 0 Å². The van der Waals surface area contributed by atoms with Gasteiger partial charge in [-0.15, -0.1) is 20.2 Å². The van der Waals surface area contributed by atoms with Crippen LogP contribution in [0.15, 0.2) is 10.4 Å². The molecule has 0 atom stereocenters. The Bertz CT molecular complexity index is 297. The van der Waals surface area contributed by atoms with E-state index in [4.69, 9.17) is 0 Å². The highest BCUT2D eigenvalue weighted by atomic mass is 17.0. The van der Waals surface area contributed by atoms with Gasteiger partial charge in [0.1, 0.15) is 0 Å². The zero-order chi connectivity index (χ0) is 15.4. The van der Waals surface area contributed by atoms with Gasteiger partial charge in [0.15, 0.2) is 0 Å². The Morgan fingerprint density at radius 3 is 1.55 bits per heavy atom. The van der Waals surface area contributed by atoms with Gasteiger partial charge in [0.25, 0.3) is 10.2 Å². The molecule has 12 nitrogen and oxygen atoms in total. The summed E-state index contributed by atoms with van der Waals surface area (Å²) in [6.07, 6.45) is 0.883. The molecule has 0 aliphatic rings. The van der Waals surface area contributed by atoms with E-state index in [0.29, 0.717) is 25.9 Å². The van der Waals surface area contributed by atoms with E-state index in [2.05, 4.69) is 20.1 Å². The molecule has 0 aliphatic carbocycles. The fourth-order valence-corrected chi connectivity index (χ4v) is 1.09. The minimum Gasteiger partial charge on any atom is -0.314 e. The van der Waals surface area contributed by atoms with Crippen molar-refractivity contribution in [2.24, 2.45) is 10.4 Å². The first kappa shape index (κ1) is 17.6. The van der Waals surface area contributed by atoms with Crippen molar-refractivity contribution in [2.75, 3.05) is 40.4 Å². The summed E-state index contributed by atoms with van der Waals surface area (Å²) in [5.74, 6) is 0. The maximum absolute atomic E-state index is 9.90. The zero-order valence-electron chi connectivity index (χ0n) is 11.4. The highest BCUT2D eigenvalue weighted by Crippen LogP contribution is 1.95.